The van der Waals surface area contributed by atoms with E-state index in [-0.39, 0.29) is 9.92 Å². The van der Waals surface area contributed by atoms with Crippen LogP contribution in [0.15, 0.2) is 42.0 Å². The normalized spacial score (nSPS) is 13.7. The summed E-state index contributed by atoms with van der Waals surface area (Å²) in [5.41, 5.74) is 2.52. The molecular formula is C14H15ClN2O3S. The van der Waals surface area contributed by atoms with E-state index in [1.165, 1.54) is 6.07 Å². The van der Waals surface area contributed by atoms with E-state index in [0.29, 0.717) is 0 Å². The van der Waals surface area contributed by atoms with Gasteiger partial charge in [0.2, 0.25) is 0 Å². The maximum absolute atomic E-state index is 12.2. The third-order valence-electron chi connectivity index (χ3n) is 3.20. The Morgan fingerprint density at radius 1 is 1.48 bits per heavy atom. The first-order chi connectivity index (χ1) is 9.76. The molecule has 0 aliphatic carbocycles. The fraction of sp³-hybridized carbons (Fsp3) is 0.214. The molecular weight excluding hydrogens is 312 g/mol. The van der Waals surface area contributed by atoms with Crippen molar-refractivity contribution >= 4 is 33.2 Å². The molecule has 0 radical (unpaired) electrons. The lowest BCUT2D eigenvalue weighted by Gasteiger charge is -2.20. The second kappa shape index (κ2) is 5.54. The summed E-state index contributed by atoms with van der Waals surface area (Å²) in [6.45, 7) is 9.67. The molecule has 0 spiro atoms. The number of amides is 1. The van der Waals surface area contributed by atoms with Crippen LogP contribution in [-0.4, -0.2) is 20.9 Å². The molecule has 0 aromatic heterocycles. The Bertz CT molecular complexity index is 741. The highest BCUT2D eigenvalue weighted by Gasteiger charge is 2.26. The number of fused-ring (bicyclic) bond motifs is 1. The number of nitrogens with zero attached hydrogens (tertiary/aromatic N) is 1. The molecule has 112 valence electrons. The first-order valence-electron chi connectivity index (χ1n) is 6.21. The largest absolute Gasteiger partial charge is 0.345 e. The van der Waals surface area contributed by atoms with Crippen molar-refractivity contribution in [3.8, 4) is 0 Å². The molecule has 1 aromatic rings. The van der Waals surface area contributed by atoms with Crippen molar-refractivity contribution in [2.75, 3.05) is 11.4 Å². The van der Waals surface area contributed by atoms with Crippen LogP contribution in [0.5, 0.6) is 0 Å². The third-order valence-corrected chi connectivity index (χ3v) is 5.01. The maximum Gasteiger partial charge on any atom is 0.265 e. The number of carbonyl (C=O) groups is 1. The van der Waals surface area contributed by atoms with Crippen LogP contribution in [0.1, 0.15) is 12.5 Å². The molecule has 0 fully saturated rings. The van der Waals surface area contributed by atoms with Gasteiger partial charge >= 0.3 is 0 Å². The lowest BCUT2D eigenvalue weighted by molar-refractivity contribution is -0.114. The predicted molar refractivity (Wildman–Crippen MR) is 82.8 cm³/mol. The summed E-state index contributed by atoms with van der Waals surface area (Å²) < 4.78 is 26.3. The van der Waals surface area contributed by atoms with Crippen molar-refractivity contribution in [3.63, 3.8) is 0 Å². The Morgan fingerprint density at radius 3 is 2.71 bits per heavy atom. The van der Waals surface area contributed by atoms with Crippen molar-refractivity contribution in [2.45, 2.75) is 18.2 Å². The molecule has 2 rings (SSSR count). The van der Waals surface area contributed by atoms with Crippen LogP contribution in [0.2, 0.25) is 5.02 Å². The number of benzene rings is 1. The molecule has 1 amide bonds. The predicted octanol–water partition coefficient (Wildman–Crippen LogP) is 2.23. The summed E-state index contributed by atoms with van der Waals surface area (Å²) in [7, 11) is -4.03. The Balaban J connectivity index is 2.52. The molecule has 0 unspecified atom stereocenters. The van der Waals surface area contributed by atoms with Gasteiger partial charge in [-0.2, -0.15) is 0 Å². The Hall–Kier alpha value is -1.79. The van der Waals surface area contributed by atoms with E-state index in [9.17, 15) is 13.2 Å². The molecule has 1 heterocycles. The average Bonchev–Trinajstić information content (AvgIpc) is 2.79. The summed E-state index contributed by atoms with van der Waals surface area (Å²) in [5.74, 6) is -0.802. The summed E-state index contributed by atoms with van der Waals surface area (Å²) >= 11 is 6.05. The van der Waals surface area contributed by atoms with Crippen LogP contribution in [0.3, 0.4) is 0 Å². The minimum atomic E-state index is -4.03. The SMILES string of the molecule is C=CC(=O)NS(=O)(=O)c1cc2c(cc1Cl)CCN2C(=C)C. The molecule has 1 aliphatic rings. The van der Waals surface area contributed by atoms with E-state index in [0.717, 1.165) is 36.0 Å². The number of halogens is 1. The van der Waals surface area contributed by atoms with E-state index < -0.39 is 15.9 Å². The van der Waals surface area contributed by atoms with Crippen molar-refractivity contribution in [1.29, 1.82) is 0 Å². The number of hydrogen-bond acceptors (Lipinski definition) is 4. The van der Waals surface area contributed by atoms with Gasteiger partial charge in [-0.15, -0.1) is 0 Å². The van der Waals surface area contributed by atoms with Gasteiger partial charge in [0, 0.05) is 17.9 Å². The number of hydrogen-bond donors (Lipinski definition) is 1. The van der Waals surface area contributed by atoms with Gasteiger partial charge in [0.15, 0.2) is 0 Å². The van der Waals surface area contributed by atoms with Crippen molar-refractivity contribution in [3.05, 3.63) is 47.6 Å². The second-order valence-corrected chi connectivity index (χ2v) is 6.78. The first-order valence-corrected chi connectivity index (χ1v) is 8.07. The first kappa shape index (κ1) is 15.6. The summed E-state index contributed by atoms with van der Waals surface area (Å²) in [4.78, 5) is 13.0. The Labute approximate surface area is 129 Å². The van der Waals surface area contributed by atoms with E-state index in [2.05, 4.69) is 13.2 Å². The Kier molecular flexibility index (Phi) is 4.11. The van der Waals surface area contributed by atoms with Crippen LogP contribution in [0.25, 0.3) is 0 Å². The van der Waals surface area contributed by atoms with E-state index in [1.54, 1.807) is 6.07 Å². The van der Waals surface area contributed by atoms with Gasteiger partial charge in [-0.05, 0) is 37.1 Å². The van der Waals surface area contributed by atoms with Gasteiger partial charge in [0.1, 0.15) is 4.90 Å². The van der Waals surface area contributed by atoms with Gasteiger partial charge in [-0.1, -0.05) is 24.8 Å². The fourth-order valence-electron chi connectivity index (χ4n) is 2.22. The molecule has 5 nitrogen and oxygen atoms in total. The summed E-state index contributed by atoms with van der Waals surface area (Å²) in [6.07, 6.45) is 1.65. The van der Waals surface area contributed by atoms with Gasteiger partial charge in [-0.3, -0.25) is 4.79 Å². The monoisotopic (exact) mass is 326 g/mol. The van der Waals surface area contributed by atoms with E-state index in [1.807, 2.05) is 16.5 Å². The number of rotatable bonds is 4. The lowest BCUT2D eigenvalue weighted by atomic mass is 10.2. The van der Waals surface area contributed by atoms with Crippen LogP contribution in [0.4, 0.5) is 5.69 Å². The lowest BCUT2D eigenvalue weighted by Crippen LogP contribution is -2.29. The van der Waals surface area contributed by atoms with Gasteiger partial charge in [0.25, 0.3) is 15.9 Å². The molecule has 1 aromatic carbocycles. The van der Waals surface area contributed by atoms with Gasteiger partial charge < -0.3 is 4.90 Å². The Morgan fingerprint density at radius 2 is 2.14 bits per heavy atom. The zero-order valence-electron chi connectivity index (χ0n) is 11.5. The molecule has 0 atom stereocenters. The standard InChI is InChI=1S/C14H15ClN2O3S/c1-4-14(18)16-21(19,20)13-8-12-10(7-11(13)15)5-6-17(12)9(2)3/h4,7-8H,1-2,5-6H2,3H3,(H,16,18). The zero-order chi connectivity index (χ0) is 15.8. The number of carbonyl (C=O) groups excluding carboxylic acids is 1. The minimum absolute atomic E-state index is 0.0849. The highest BCUT2D eigenvalue weighted by atomic mass is 35.5. The second-order valence-electron chi connectivity index (χ2n) is 4.72. The van der Waals surface area contributed by atoms with Crippen molar-refractivity contribution in [1.82, 2.24) is 4.72 Å². The smallest absolute Gasteiger partial charge is 0.265 e. The fourth-order valence-corrected chi connectivity index (χ4v) is 3.75. The maximum atomic E-state index is 12.2. The van der Waals surface area contributed by atoms with Crippen LogP contribution in [0, 0.1) is 0 Å². The zero-order valence-corrected chi connectivity index (χ0v) is 13.1. The minimum Gasteiger partial charge on any atom is -0.345 e. The van der Waals surface area contributed by atoms with E-state index >= 15 is 0 Å². The number of anilines is 1. The molecule has 7 heteroatoms. The molecule has 21 heavy (non-hydrogen) atoms. The number of allylic oxidation sites excluding steroid dienone is 1. The summed E-state index contributed by atoms with van der Waals surface area (Å²) in [6, 6.07) is 3.09. The van der Waals surface area contributed by atoms with Crippen LogP contribution in [-0.2, 0) is 21.2 Å². The van der Waals surface area contributed by atoms with E-state index in [4.69, 9.17) is 11.6 Å². The molecule has 0 bridgehead atoms. The number of nitrogens with one attached hydrogen (secondary N) is 1. The quantitative estimate of drug-likeness (QED) is 0.862. The summed E-state index contributed by atoms with van der Waals surface area (Å²) in [5, 5.41) is 0.0849. The number of sulfonamides is 1. The van der Waals surface area contributed by atoms with Crippen molar-refractivity contribution < 1.29 is 13.2 Å². The van der Waals surface area contributed by atoms with Crippen LogP contribution < -0.4 is 9.62 Å². The van der Waals surface area contributed by atoms with Gasteiger partial charge in [0.05, 0.1) is 5.02 Å². The average molecular weight is 327 g/mol. The van der Waals surface area contributed by atoms with Crippen LogP contribution >= 0.6 is 11.6 Å². The highest BCUT2D eigenvalue weighted by Crippen LogP contribution is 2.36. The van der Waals surface area contributed by atoms with Gasteiger partial charge in [-0.25, -0.2) is 13.1 Å². The highest BCUT2D eigenvalue weighted by molar-refractivity contribution is 7.90. The molecule has 0 saturated carbocycles. The third kappa shape index (κ3) is 2.96. The molecule has 1 aliphatic heterocycles. The van der Waals surface area contributed by atoms with Crippen molar-refractivity contribution in [2.24, 2.45) is 0 Å². The molecule has 0 saturated heterocycles. The topological polar surface area (TPSA) is 66.5 Å². The molecule has 1 N–H and O–H groups in total.